The molecule has 148 valence electrons. The van der Waals surface area contributed by atoms with Crippen molar-refractivity contribution in [3.05, 3.63) is 29.8 Å². The van der Waals surface area contributed by atoms with Gasteiger partial charge in [-0.3, -0.25) is 9.59 Å². The van der Waals surface area contributed by atoms with E-state index in [1.807, 2.05) is 31.2 Å². The fourth-order valence-corrected chi connectivity index (χ4v) is 3.25. The van der Waals surface area contributed by atoms with E-state index in [4.69, 9.17) is 4.74 Å². The minimum Gasteiger partial charge on any atom is -0.450 e. The Morgan fingerprint density at radius 3 is 2.48 bits per heavy atom. The summed E-state index contributed by atoms with van der Waals surface area (Å²) in [7, 11) is 0. The van der Waals surface area contributed by atoms with Crippen molar-refractivity contribution in [3.63, 3.8) is 0 Å². The van der Waals surface area contributed by atoms with Gasteiger partial charge in [-0.15, -0.1) is 0 Å². The van der Waals surface area contributed by atoms with E-state index >= 15 is 0 Å². The average molecular weight is 375 g/mol. The van der Waals surface area contributed by atoms with Crippen LogP contribution in [0.1, 0.15) is 38.7 Å². The SMILES string of the molecule is CCOC(=O)N1CCC(NC(=O)CCN(C(C)=O)c2ccccc2C)CC1. The number of hydrogen-bond acceptors (Lipinski definition) is 4. The molecule has 0 aromatic heterocycles. The lowest BCUT2D eigenvalue weighted by atomic mass is 10.1. The Labute approximate surface area is 160 Å². The Kier molecular flexibility index (Phi) is 7.64. The molecule has 1 aliphatic rings. The van der Waals surface area contributed by atoms with Crippen LogP contribution in [0.3, 0.4) is 0 Å². The average Bonchev–Trinajstić information content (AvgIpc) is 2.64. The molecule has 7 nitrogen and oxygen atoms in total. The maximum Gasteiger partial charge on any atom is 0.409 e. The molecular formula is C20H29N3O4. The smallest absolute Gasteiger partial charge is 0.409 e. The number of amides is 3. The van der Waals surface area contributed by atoms with Crippen molar-refractivity contribution in [2.75, 3.05) is 31.1 Å². The van der Waals surface area contributed by atoms with Gasteiger partial charge >= 0.3 is 6.09 Å². The third kappa shape index (κ3) is 5.98. The number of hydrogen-bond donors (Lipinski definition) is 1. The lowest BCUT2D eigenvalue weighted by Gasteiger charge is -2.31. The van der Waals surface area contributed by atoms with Crippen LogP contribution in [0.2, 0.25) is 0 Å². The summed E-state index contributed by atoms with van der Waals surface area (Å²) in [5.74, 6) is -0.163. The monoisotopic (exact) mass is 375 g/mol. The highest BCUT2D eigenvalue weighted by atomic mass is 16.6. The Morgan fingerprint density at radius 2 is 1.89 bits per heavy atom. The number of nitrogens with zero attached hydrogens (tertiary/aromatic N) is 2. The van der Waals surface area contributed by atoms with Crippen molar-refractivity contribution >= 4 is 23.6 Å². The molecular weight excluding hydrogens is 346 g/mol. The first-order valence-corrected chi connectivity index (χ1v) is 9.47. The molecule has 27 heavy (non-hydrogen) atoms. The second-order valence-electron chi connectivity index (χ2n) is 6.73. The van der Waals surface area contributed by atoms with E-state index in [9.17, 15) is 14.4 Å². The van der Waals surface area contributed by atoms with Gasteiger partial charge in [-0.1, -0.05) is 18.2 Å². The van der Waals surface area contributed by atoms with Crippen LogP contribution in [0.5, 0.6) is 0 Å². The van der Waals surface area contributed by atoms with Crippen LogP contribution in [0.25, 0.3) is 0 Å². The van der Waals surface area contributed by atoms with Gasteiger partial charge in [0.25, 0.3) is 0 Å². The van der Waals surface area contributed by atoms with Gasteiger partial charge in [0.2, 0.25) is 11.8 Å². The van der Waals surface area contributed by atoms with Gasteiger partial charge in [-0.2, -0.15) is 0 Å². The number of benzene rings is 1. The molecule has 1 aromatic carbocycles. The van der Waals surface area contributed by atoms with Crippen molar-refractivity contribution in [3.8, 4) is 0 Å². The molecule has 0 atom stereocenters. The number of aryl methyl sites for hydroxylation is 1. The summed E-state index contributed by atoms with van der Waals surface area (Å²) in [6, 6.07) is 7.69. The van der Waals surface area contributed by atoms with E-state index in [1.165, 1.54) is 6.92 Å². The molecule has 1 N–H and O–H groups in total. The third-order valence-corrected chi connectivity index (χ3v) is 4.73. The second-order valence-corrected chi connectivity index (χ2v) is 6.73. The van der Waals surface area contributed by atoms with Crippen LogP contribution in [-0.2, 0) is 14.3 Å². The van der Waals surface area contributed by atoms with E-state index in [0.717, 1.165) is 11.3 Å². The number of carbonyl (C=O) groups is 3. The highest BCUT2D eigenvalue weighted by molar-refractivity contribution is 5.93. The molecule has 2 rings (SSSR count). The molecule has 0 spiro atoms. The molecule has 3 amide bonds. The Bertz CT molecular complexity index is 669. The number of para-hydroxylation sites is 1. The summed E-state index contributed by atoms with van der Waals surface area (Å²) >= 11 is 0. The van der Waals surface area contributed by atoms with Crippen molar-refractivity contribution in [1.29, 1.82) is 0 Å². The highest BCUT2D eigenvalue weighted by Crippen LogP contribution is 2.20. The molecule has 1 aliphatic heterocycles. The lowest BCUT2D eigenvalue weighted by Crippen LogP contribution is -2.47. The Morgan fingerprint density at radius 1 is 1.22 bits per heavy atom. The summed E-state index contributed by atoms with van der Waals surface area (Å²) in [4.78, 5) is 39.3. The van der Waals surface area contributed by atoms with E-state index in [2.05, 4.69) is 5.32 Å². The Balaban J connectivity index is 1.81. The first-order valence-electron chi connectivity index (χ1n) is 9.47. The zero-order valence-corrected chi connectivity index (χ0v) is 16.4. The predicted molar refractivity (Wildman–Crippen MR) is 104 cm³/mol. The molecule has 0 bridgehead atoms. The van der Waals surface area contributed by atoms with Crippen molar-refractivity contribution < 1.29 is 19.1 Å². The van der Waals surface area contributed by atoms with Gasteiger partial charge in [0.1, 0.15) is 0 Å². The molecule has 1 saturated heterocycles. The van der Waals surface area contributed by atoms with Crippen LogP contribution < -0.4 is 10.2 Å². The number of anilines is 1. The van der Waals surface area contributed by atoms with E-state index in [0.29, 0.717) is 39.1 Å². The zero-order chi connectivity index (χ0) is 19.8. The largest absolute Gasteiger partial charge is 0.450 e. The normalized spacial score (nSPS) is 14.6. The zero-order valence-electron chi connectivity index (χ0n) is 16.4. The van der Waals surface area contributed by atoms with E-state index in [-0.39, 0.29) is 30.4 Å². The number of nitrogens with one attached hydrogen (secondary N) is 1. The van der Waals surface area contributed by atoms with Crippen LogP contribution in [0.15, 0.2) is 24.3 Å². The van der Waals surface area contributed by atoms with Gasteiger partial charge in [0, 0.05) is 44.7 Å². The quantitative estimate of drug-likeness (QED) is 0.828. The summed E-state index contributed by atoms with van der Waals surface area (Å²) in [6.45, 7) is 7.10. The lowest BCUT2D eigenvalue weighted by molar-refractivity contribution is -0.122. The summed E-state index contributed by atoms with van der Waals surface area (Å²) in [6.07, 6.45) is 1.36. The molecule has 1 heterocycles. The standard InChI is InChI=1S/C20H29N3O4/c1-4-27-20(26)22-12-9-17(10-13-22)21-19(25)11-14-23(16(3)24)18-8-6-5-7-15(18)2/h5-8,17H,4,9-14H2,1-3H3,(H,21,25). The highest BCUT2D eigenvalue weighted by Gasteiger charge is 2.24. The first-order chi connectivity index (χ1) is 12.9. The molecule has 1 aromatic rings. The number of carbonyl (C=O) groups excluding carboxylic acids is 3. The van der Waals surface area contributed by atoms with Crippen molar-refractivity contribution in [1.82, 2.24) is 10.2 Å². The van der Waals surface area contributed by atoms with Crippen molar-refractivity contribution in [2.45, 2.75) is 46.1 Å². The number of piperidine rings is 1. The minimum absolute atomic E-state index is 0.0485. The minimum atomic E-state index is -0.294. The van der Waals surface area contributed by atoms with Crippen molar-refractivity contribution in [2.24, 2.45) is 0 Å². The fraction of sp³-hybridized carbons (Fsp3) is 0.550. The van der Waals surface area contributed by atoms with Crippen LogP contribution in [-0.4, -0.2) is 55.1 Å². The van der Waals surface area contributed by atoms with Gasteiger partial charge in [0.05, 0.1) is 6.61 Å². The van der Waals surface area contributed by atoms with Gasteiger partial charge in [-0.25, -0.2) is 4.79 Å². The maximum absolute atomic E-state index is 12.3. The molecule has 0 aliphatic carbocycles. The first kappa shape index (κ1) is 20.7. The fourth-order valence-electron chi connectivity index (χ4n) is 3.25. The summed E-state index contributed by atoms with van der Waals surface area (Å²) in [5, 5.41) is 3.02. The molecule has 0 radical (unpaired) electrons. The third-order valence-electron chi connectivity index (χ3n) is 4.73. The van der Waals surface area contributed by atoms with E-state index < -0.39 is 0 Å². The molecule has 1 fully saturated rings. The molecule has 0 saturated carbocycles. The van der Waals surface area contributed by atoms with Gasteiger partial charge < -0.3 is 19.9 Å². The predicted octanol–water partition coefficient (Wildman–Crippen LogP) is 2.48. The molecule has 0 unspecified atom stereocenters. The number of likely N-dealkylation sites (tertiary alicyclic amines) is 1. The van der Waals surface area contributed by atoms with Gasteiger partial charge in [-0.05, 0) is 38.3 Å². The second kappa shape index (κ2) is 9.94. The Hall–Kier alpha value is -2.57. The topological polar surface area (TPSA) is 79.0 Å². The van der Waals surface area contributed by atoms with E-state index in [1.54, 1.807) is 16.7 Å². The van der Waals surface area contributed by atoms with Crippen LogP contribution in [0.4, 0.5) is 10.5 Å². The van der Waals surface area contributed by atoms with Crippen LogP contribution >= 0.6 is 0 Å². The number of rotatable bonds is 6. The number of ether oxygens (including phenoxy) is 1. The van der Waals surface area contributed by atoms with Gasteiger partial charge in [0.15, 0.2) is 0 Å². The molecule has 7 heteroatoms. The maximum atomic E-state index is 12.3. The van der Waals surface area contributed by atoms with Crippen LogP contribution in [0, 0.1) is 6.92 Å². The summed E-state index contributed by atoms with van der Waals surface area (Å²) < 4.78 is 5.00. The summed E-state index contributed by atoms with van der Waals surface area (Å²) in [5.41, 5.74) is 1.83.